The maximum atomic E-state index is 9.99. The molecule has 0 atom stereocenters. The van der Waals surface area contributed by atoms with E-state index in [1.54, 1.807) is 24.5 Å². The molecule has 3 rings (SSSR count). The van der Waals surface area contributed by atoms with E-state index in [4.69, 9.17) is 5.73 Å². The van der Waals surface area contributed by atoms with Gasteiger partial charge in [0.15, 0.2) is 0 Å². The Labute approximate surface area is 170 Å². The standard InChI is InChI=1S/C21H25N7O/c1-5-23-16-10-19(27-18-8-9-24-14(4)26-18)25-11-15(16)21(22)28-20-12(2)6-7-17(29)13(20)3/h6-11,29H,5H2,1-4H3,(H2,22,28)(H2,23,24,25,26,27). The van der Waals surface area contributed by atoms with Crippen molar-refractivity contribution in [2.45, 2.75) is 27.7 Å². The summed E-state index contributed by atoms with van der Waals surface area (Å²) in [5.74, 6) is 2.46. The van der Waals surface area contributed by atoms with Crippen molar-refractivity contribution in [1.82, 2.24) is 15.0 Å². The van der Waals surface area contributed by atoms with Gasteiger partial charge in [0.2, 0.25) is 0 Å². The molecular weight excluding hydrogens is 366 g/mol. The van der Waals surface area contributed by atoms with Gasteiger partial charge < -0.3 is 21.5 Å². The van der Waals surface area contributed by atoms with E-state index in [2.05, 4.69) is 30.6 Å². The van der Waals surface area contributed by atoms with Crippen molar-refractivity contribution in [3.63, 3.8) is 0 Å². The number of nitrogens with one attached hydrogen (secondary N) is 2. The smallest absolute Gasteiger partial charge is 0.135 e. The largest absolute Gasteiger partial charge is 0.508 e. The molecule has 0 saturated heterocycles. The highest BCUT2D eigenvalue weighted by Gasteiger charge is 2.12. The summed E-state index contributed by atoms with van der Waals surface area (Å²) >= 11 is 0. The molecule has 0 fully saturated rings. The number of nitrogens with two attached hydrogens (primary N) is 1. The lowest BCUT2D eigenvalue weighted by Gasteiger charge is -2.14. The molecule has 5 N–H and O–H groups in total. The van der Waals surface area contributed by atoms with Gasteiger partial charge in [0, 0.05) is 30.6 Å². The molecule has 0 saturated carbocycles. The van der Waals surface area contributed by atoms with E-state index in [1.807, 2.05) is 39.8 Å². The minimum absolute atomic E-state index is 0.187. The SMILES string of the molecule is CCNc1cc(Nc2ccnc(C)n2)ncc1C(N)=Nc1c(C)ccc(O)c1C. The van der Waals surface area contributed by atoms with Crippen LogP contribution < -0.4 is 16.4 Å². The second kappa shape index (κ2) is 8.55. The minimum Gasteiger partial charge on any atom is -0.508 e. The molecule has 0 bridgehead atoms. The molecular formula is C21H25N7O. The number of hydrogen-bond donors (Lipinski definition) is 4. The third-order valence-corrected chi connectivity index (χ3v) is 4.42. The molecule has 2 heterocycles. The molecule has 0 aliphatic carbocycles. The highest BCUT2D eigenvalue weighted by Crippen LogP contribution is 2.31. The van der Waals surface area contributed by atoms with Gasteiger partial charge in [-0.3, -0.25) is 0 Å². The summed E-state index contributed by atoms with van der Waals surface area (Å²) in [4.78, 5) is 17.4. The van der Waals surface area contributed by atoms with Crippen LogP contribution >= 0.6 is 0 Å². The first-order chi connectivity index (χ1) is 13.9. The van der Waals surface area contributed by atoms with Gasteiger partial charge in [-0.1, -0.05) is 6.07 Å². The summed E-state index contributed by atoms with van der Waals surface area (Å²) in [7, 11) is 0. The number of hydrogen-bond acceptors (Lipinski definition) is 7. The Hall–Kier alpha value is -3.68. The molecule has 0 aliphatic rings. The van der Waals surface area contributed by atoms with E-state index in [0.717, 1.165) is 11.3 Å². The zero-order valence-corrected chi connectivity index (χ0v) is 17.0. The second-order valence-electron chi connectivity index (χ2n) is 6.63. The molecule has 150 valence electrons. The molecule has 0 aliphatic heterocycles. The van der Waals surface area contributed by atoms with Crippen molar-refractivity contribution < 1.29 is 5.11 Å². The number of benzene rings is 1. The van der Waals surface area contributed by atoms with Crippen molar-refractivity contribution in [2.24, 2.45) is 10.7 Å². The number of amidine groups is 1. The van der Waals surface area contributed by atoms with E-state index in [1.165, 1.54) is 0 Å². The van der Waals surface area contributed by atoms with Crippen LogP contribution in [-0.2, 0) is 0 Å². The fourth-order valence-electron chi connectivity index (χ4n) is 2.90. The van der Waals surface area contributed by atoms with Crippen LogP contribution in [0.3, 0.4) is 0 Å². The van der Waals surface area contributed by atoms with Gasteiger partial charge in [0.05, 0.1) is 16.9 Å². The maximum Gasteiger partial charge on any atom is 0.135 e. The van der Waals surface area contributed by atoms with Gasteiger partial charge in [0.1, 0.15) is 29.0 Å². The number of aliphatic imine (C=N–C) groups is 1. The highest BCUT2D eigenvalue weighted by atomic mass is 16.3. The number of phenols is 1. The molecule has 0 radical (unpaired) electrons. The Kier molecular flexibility index (Phi) is 5.92. The minimum atomic E-state index is 0.187. The Morgan fingerprint density at radius 3 is 2.66 bits per heavy atom. The van der Waals surface area contributed by atoms with Gasteiger partial charge in [0.25, 0.3) is 0 Å². The molecule has 0 spiro atoms. The number of aromatic nitrogens is 3. The number of nitrogens with zero attached hydrogens (tertiary/aromatic N) is 4. The van der Waals surface area contributed by atoms with Gasteiger partial charge in [-0.2, -0.15) is 0 Å². The predicted octanol–water partition coefficient (Wildman–Crippen LogP) is 3.71. The Morgan fingerprint density at radius 1 is 1.14 bits per heavy atom. The van der Waals surface area contributed by atoms with E-state index >= 15 is 0 Å². The van der Waals surface area contributed by atoms with Crippen LogP contribution in [0.1, 0.15) is 29.4 Å². The summed E-state index contributed by atoms with van der Waals surface area (Å²) in [5.41, 5.74) is 10.1. The van der Waals surface area contributed by atoms with Gasteiger partial charge in [-0.05, 0) is 45.4 Å². The van der Waals surface area contributed by atoms with Crippen molar-refractivity contribution in [1.29, 1.82) is 0 Å². The number of phenolic OH excluding ortho intramolecular Hbond substituents is 1. The molecule has 0 unspecified atom stereocenters. The molecule has 8 heteroatoms. The topological polar surface area (TPSA) is 121 Å². The van der Waals surface area contributed by atoms with Crippen LogP contribution in [0.2, 0.25) is 0 Å². The lowest BCUT2D eigenvalue weighted by atomic mass is 10.1. The van der Waals surface area contributed by atoms with Gasteiger partial charge in [-0.15, -0.1) is 0 Å². The first-order valence-corrected chi connectivity index (χ1v) is 9.33. The van der Waals surface area contributed by atoms with E-state index in [9.17, 15) is 5.11 Å². The number of aryl methyl sites for hydroxylation is 2. The van der Waals surface area contributed by atoms with Crippen molar-refractivity contribution in [3.8, 4) is 5.75 Å². The van der Waals surface area contributed by atoms with E-state index < -0.39 is 0 Å². The predicted molar refractivity (Wildman–Crippen MR) is 116 cm³/mol. The Balaban J connectivity index is 1.97. The summed E-state index contributed by atoms with van der Waals surface area (Å²) in [5, 5.41) is 16.5. The fourth-order valence-corrected chi connectivity index (χ4v) is 2.90. The molecule has 29 heavy (non-hydrogen) atoms. The van der Waals surface area contributed by atoms with Crippen molar-refractivity contribution >= 4 is 28.8 Å². The molecule has 0 amide bonds. The first-order valence-electron chi connectivity index (χ1n) is 9.33. The summed E-state index contributed by atoms with van der Waals surface area (Å²) < 4.78 is 0. The molecule has 8 nitrogen and oxygen atoms in total. The van der Waals surface area contributed by atoms with Crippen LogP contribution in [0, 0.1) is 20.8 Å². The second-order valence-corrected chi connectivity index (χ2v) is 6.63. The summed E-state index contributed by atoms with van der Waals surface area (Å²) in [6, 6.07) is 7.11. The third kappa shape index (κ3) is 4.60. The first kappa shape index (κ1) is 20.1. The number of rotatable bonds is 6. The lowest BCUT2D eigenvalue weighted by Crippen LogP contribution is -2.17. The lowest BCUT2D eigenvalue weighted by molar-refractivity contribution is 0.471. The Bertz CT molecular complexity index is 1060. The van der Waals surface area contributed by atoms with Gasteiger partial charge in [-0.25, -0.2) is 19.9 Å². The molecule has 3 aromatic rings. The summed E-state index contributed by atoms with van der Waals surface area (Å²) in [6.45, 7) is 8.28. The van der Waals surface area contributed by atoms with Crippen LogP contribution in [0.4, 0.5) is 23.0 Å². The third-order valence-electron chi connectivity index (χ3n) is 4.42. The highest BCUT2D eigenvalue weighted by molar-refractivity contribution is 6.04. The van der Waals surface area contributed by atoms with E-state index in [-0.39, 0.29) is 5.75 Å². The average molecular weight is 391 g/mol. The molecule has 1 aromatic carbocycles. The maximum absolute atomic E-state index is 9.99. The van der Waals surface area contributed by atoms with Crippen LogP contribution in [-0.4, -0.2) is 32.4 Å². The fraction of sp³-hybridized carbons (Fsp3) is 0.238. The van der Waals surface area contributed by atoms with E-state index in [0.29, 0.717) is 46.7 Å². The van der Waals surface area contributed by atoms with Crippen LogP contribution in [0.25, 0.3) is 0 Å². The van der Waals surface area contributed by atoms with Crippen molar-refractivity contribution in [3.05, 3.63) is 59.2 Å². The average Bonchev–Trinajstić information content (AvgIpc) is 2.68. The molecule has 2 aromatic heterocycles. The normalized spacial score (nSPS) is 11.4. The summed E-state index contributed by atoms with van der Waals surface area (Å²) in [6.07, 6.45) is 3.36. The number of anilines is 3. The quantitative estimate of drug-likeness (QED) is 0.373. The van der Waals surface area contributed by atoms with Gasteiger partial charge >= 0.3 is 0 Å². The Morgan fingerprint density at radius 2 is 1.93 bits per heavy atom. The van der Waals surface area contributed by atoms with Crippen LogP contribution in [0.5, 0.6) is 5.75 Å². The monoisotopic (exact) mass is 391 g/mol. The zero-order valence-electron chi connectivity index (χ0n) is 17.0. The van der Waals surface area contributed by atoms with Crippen molar-refractivity contribution in [2.75, 3.05) is 17.2 Å². The number of pyridine rings is 1. The van der Waals surface area contributed by atoms with Crippen LogP contribution in [0.15, 0.2) is 41.7 Å². The number of aromatic hydroxyl groups is 1. The zero-order chi connectivity index (χ0) is 21.0.